The van der Waals surface area contributed by atoms with Crippen molar-refractivity contribution >= 4 is 169 Å². The van der Waals surface area contributed by atoms with Gasteiger partial charge in [-0.3, -0.25) is 0 Å². The number of thiophene rings is 12. The van der Waals surface area contributed by atoms with Gasteiger partial charge in [0.25, 0.3) is 0 Å². The second-order valence-electron chi connectivity index (χ2n) is 30.3. The Morgan fingerprint density at radius 2 is 0.281 bits per heavy atom. The van der Waals surface area contributed by atoms with Crippen LogP contribution >= 0.6 is 136 Å². The lowest BCUT2D eigenvalue weighted by Gasteiger charge is -2.15. The Kier molecular flexibility index (Phi) is 28.2. The van der Waals surface area contributed by atoms with Crippen LogP contribution in [0.4, 0.5) is 0 Å². The topological polar surface area (TPSA) is 77.3 Å². The molecule has 16 aromatic rings. The van der Waals surface area contributed by atoms with E-state index >= 15 is 0 Å². The molecule has 0 radical (unpaired) electrons. The van der Waals surface area contributed by atoms with Crippen LogP contribution in [-0.4, -0.2) is 29.9 Å². The zero-order valence-electron chi connectivity index (χ0n) is 66.7. The summed E-state index contributed by atoms with van der Waals surface area (Å²) in [6.07, 6.45) is 36.7. The fraction of sp³-hybridized carbons (Fsp3) is 0.375. The van der Waals surface area contributed by atoms with Gasteiger partial charge >= 0.3 is 0 Å². The van der Waals surface area contributed by atoms with E-state index in [-0.39, 0.29) is 0 Å². The minimum absolute atomic E-state index is 0.672. The Labute approximate surface area is 722 Å². The number of hydrogen-bond acceptors (Lipinski definition) is 18. The summed E-state index contributed by atoms with van der Waals surface area (Å²) in [5.74, 6) is 0. The number of unbranched alkanes of at least 4 members (excludes halogenated alkanes) is 18. The molecule has 0 N–H and O–H groups in total. The molecule has 0 aliphatic heterocycles. The summed E-state index contributed by atoms with van der Waals surface area (Å²) in [5.41, 5.74) is 9.04. The van der Waals surface area contributed by atoms with Crippen LogP contribution < -0.4 is 0 Å². The van der Waals surface area contributed by atoms with Crippen molar-refractivity contribution in [1.29, 1.82) is 0 Å². The molecular weight excluding hydrogens is 1620 g/mol. The van der Waals surface area contributed by atoms with Crippen LogP contribution in [0.3, 0.4) is 0 Å². The molecule has 0 bridgehead atoms. The highest BCUT2D eigenvalue weighted by Gasteiger charge is 2.30. The summed E-state index contributed by atoms with van der Waals surface area (Å²) >= 11 is 22.5. The van der Waals surface area contributed by atoms with E-state index in [1.807, 2.05) is 136 Å². The smallest absolute Gasteiger partial charge is 0.120 e. The summed E-state index contributed by atoms with van der Waals surface area (Å²) < 4.78 is 0. The molecule has 16 rings (SSSR count). The third-order valence-corrected chi connectivity index (χ3v) is 36.1. The van der Waals surface area contributed by atoms with Crippen LogP contribution in [-0.2, 0) is 38.5 Å². The van der Waals surface area contributed by atoms with Gasteiger partial charge in [0.15, 0.2) is 0 Å². The van der Waals surface area contributed by atoms with Crippen LogP contribution in [0.1, 0.15) is 225 Å². The minimum Gasteiger partial charge on any atom is -0.240 e. The molecule has 0 atom stereocenters. The van der Waals surface area contributed by atoms with Gasteiger partial charge in [-0.2, -0.15) is 0 Å². The van der Waals surface area contributed by atoms with Gasteiger partial charge in [-0.05, 0) is 223 Å². The molecule has 0 saturated heterocycles. The highest BCUT2D eigenvalue weighted by Crippen LogP contribution is 2.51. The van der Waals surface area contributed by atoms with Crippen LogP contribution in [0.25, 0.3) is 155 Å². The Hall–Kier alpha value is -6.36. The van der Waals surface area contributed by atoms with Crippen molar-refractivity contribution in [2.24, 2.45) is 0 Å². The van der Waals surface area contributed by atoms with Gasteiger partial charge in [-0.25, -0.2) is 29.9 Å². The quantitative estimate of drug-likeness (QED) is 0.0280. The molecule has 588 valence electrons. The largest absolute Gasteiger partial charge is 0.240 e. The monoisotopic (exact) mass is 1720 g/mol. The first-order chi connectivity index (χ1) is 56.2. The van der Waals surface area contributed by atoms with Crippen molar-refractivity contribution in [3.63, 3.8) is 0 Å². The molecular formula is C96H102N6S12. The maximum Gasteiger partial charge on any atom is 0.120 e. The summed E-state index contributed by atoms with van der Waals surface area (Å²) in [4.78, 5) is 67.1. The number of rotatable bonds is 42. The maximum atomic E-state index is 6.15. The number of hydrogen-bond donors (Lipinski definition) is 0. The Morgan fingerprint density at radius 3 is 0.430 bits per heavy atom. The number of aromatic nitrogens is 6. The number of fused-ring (bicyclic) bond motifs is 6. The van der Waals surface area contributed by atoms with E-state index in [1.54, 1.807) is 0 Å². The first kappa shape index (κ1) is 81.4. The van der Waals surface area contributed by atoms with Gasteiger partial charge in [0, 0.05) is 87.8 Å². The highest BCUT2D eigenvalue weighted by atomic mass is 32.1. The lowest BCUT2D eigenvalue weighted by molar-refractivity contribution is 0.670. The summed E-state index contributed by atoms with van der Waals surface area (Å²) in [7, 11) is 0. The lowest BCUT2D eigenvalue weighted by atomic mass is 10.1. The molecule has 0 aliphatic rings. The molecule has 0 saturated carbocycles. The summed E-state index contributed by atoms with van der Waals surface area (Å²) in [6, 6.07) is 55.9. The van der Waals surface area contributed by atoms with Gasteiger partial charge in [-0.1, -0.05) is 157 Å². The molecule has 0 spiro atoms. The number of aryl methyl sites for hydroxylation is 6. The predicted molar refractivity (Wildman–Crippen MR) is 513 cm³/mol. The zero-order valence-corrected chi connectivity index (χ0v) is 76.4. The molecule has 0 aliphatic carbocycles. The second kappa shape index (κ2) is 39.5. The van der Waals surface area contributed by atoms with Gasteiger partial charge in [-0.15, -0.1) is 136 Å². The number of benzene rings is 1. The molecule has 0 fully saturated rings. The standard InChI is InChI=1S/C96H102N6S12/c1-7-13-19-25-31-61-37-43-67(103-61)73-49-55-79(109-73)85-86(80-56-50-74(110-80)68-44-38-62(104-68)32-26-20-14-8-2)98-92-91(97-85)93-95(101-88(82-58-52-76(112-82)70-46-40-64(106-70)34-28-22-16-10-4)87(99-93)81-57-51-75(111-81)69-45-39-63(105-69)33-27-21-15-9-3)96-94(92)100-89(83-59-53-77(113-83)71-47-41-65(107-71)35-29-23-17-11-5)90(102-96)84-60-54-78(114-84)72-48-42-66(108-72)36-30-24-18-12-6/h37-60H,7-36H2,1-6H3. The Balaban J connectivity index is 0.935. The zero-order chi connectivity index (χ0) is 77.7. The first-order valence-corrected chi connectivity index (χ1v) is 51.9. The van der Waals surface area contributed by atoms with Gasteiger partial charge in [0.1, 0.15) is 67.3 Å². The first-order valence-electron chi connectivity index (χ1n) is 42.1. The number of nitrogens with zero attached hydrogens (tertiary/aromatic N) is 6. The van der Waals surface area contributed by atoms with Crippen molar-refractivity contribution < 1.29 is 0 Å². The maximum absolute atomic E-state index is 6.15. The molecule has 0 unspecified atom stereocenters. The van der Waals surface area contributed by atoms with Gasteiger partial charge in [0.05, 0.1) is 29.3 Å². The van der Waals surface area contributed by atoms with E-state index in [1.165, 1.54) is 242 Å². The second-order valence-corrected chi connectivity index (χ2v) is 43.8. The van der Waals surface area contributed by atoms with E-state index in [4.69, 9.17) is 29.9 Å². The van der Waals surface area contributed by atoms with Crippen molar-refractivity contribution in [1.82, 2.24) is 29.9 Å². The van der Waals surface area contributed by atoms with Crippen LogP contribution in [0.2, 0.25) is 0 Å². The van der Waals surface area contributed by atoms with Crippen molar-refractivity contribution in [3.8, 4) is 122 Å². The SMILES string of the molecule is CCCCCCc1ccc(-c2ccc(-c3nc4c5nc(-c6ccc(-c7ccc(CCCCCC)s7)s6)c(-c6ccc(-c7ccc(CCCCCC)s7)s6)nc5c5nc(-c6ccc(-c7ccc(CCCCCC)s7)s6)c(-c6ccc(-c7ccc(CCCCCC)s7)s6)nc5c4nc3-c3ccc(-c4ccc(CCCCCC)s4)s3)s2)s1. The molecule has 15 aromatic heterocycles. The van der Waals surface area contributed by atoms with E-state index in [0.717, 1.165) is 102 Å². The lowest BCUT2D eigenvalue weighted by Crippen LogP contribution is -2.03. The average molecular weight is 1720 g/mol. The van der Waals surface area contributed by atoms with Crippen LogP contribution in [0.15, 0.2) is 146 Å². The molecule has 18 heteroatoms. The minimum atomic E-state index is 0.672. The molecule has 0 amide bonds. The molecule has 114 heavy (non-hydrogen) atoms. The van der Waals surface area contributed by atoms with Crippen molar-refractivity contribution in [3.05, 3.63) is 175 Å². The Morgan fingerprint density at radius 1 is 0.149 bits per heavy atom. The van der Waals surface area contributed by atoms with E-state index in [2.05, 4.69) is 187 Å². The summed E-state index contributed by atoms with van der Waals surface area (Å²) in [6.45, 7) is 13.8. The average Bonchev–Trinajstić information content (AvgIpc) is 1.20. The van der Waals surface area contributed by atoms with Crippen molar-refractivity contribution in [2.45, 2.75) is 234 Å². The van der Waals surface area contributed by atoms with E-state index in [9.17, 15) is 0 Å². The molecule has 15 heterocycles. The fourth-order valence-corrected chi connectivity index (χ4v) is 28.0. The fourth-order valence-electron chi connectivity index (χ4n) is 15.1. The third kappa shape index (κ3) is 19.2. The summed E-state index contributed by atoms with van der Waals surface area (Å²) in [5, 5.41) is 0. The van der Waals surface area contributed by atoms with E-state index in [0.29, 0.717) is 33.1 Å². The molecule has 1 aromatic carbocycles. The molecule has 6 nitrogen and oxygen atoms in total. The normalized spacial score (nSPS) is 11.9. The van der Waals surface area contributed by atoms with Crippen LogP contribution in [0, 0.1) is 0 Å². The van der Waals surface area contributed by atoms with Crippen LogP contribution in [0.5, 0.6) is 0 Å². The third-order valence-electron chi connectivity index (χ3n) is 21.5. The van der Waals surface area contributed by atoms with Gasteiger partial charge < -0.3 is 0 Å². The highest BCUT2D eigenvalue weighted by molar-refractivity contribution is 7.27. The Bertz CT molecular complexity index is 4880. The van der Waals surface area contributed by atoms with Gasteiger partial charge in [0.2, 0.25) is 0 Å². The predicted octanol–water partition coefficient (Wildman–Crippen LogP) is 35.0. The van der Waals surface area contributed by atoms with Crippen molar-refractivity contribution in [2.75, 3.05) is 0 Å². The van der Waals surface area contributed by atoms with E-state index < -0.39 is 0 Å².